The number of carbonyl (C=O) groups excluding carboxylic acids is 2. The number of alkyl halides is 3. The Morgan fingerprint density at radius 3 is 2.37 bits per heavy atom. The molecule has 0 radical (unpaired) electrons. The Bertz CT molecular complexity index is 1170. The van der Waals surface area contributed by atoms with Gasteiger partial charge in [-0.05, 0) is 30.7 Å². The van der Waals surface area contributed by atoms with Gasteiger partial charge in [0.1, 0.15) is 12.7 Å². The van der Waals surface area contributed by atoms with Crippen molar-refractivity contribution in [2.24, 2.45) is 0 Å². The maximum atomic E-state index is 13.2. The fraction of sp³-hybridized carbons (Fsp3) is 0.333. The van der Waals surface area contributed by atoms with Gasteiger partial charge in [0.25, 0.3) is 0 Å². The van der Waals surface area contributed by atoms with Gasteiger partial charge in [0.15, 0.2) is 0 Å². The number of amides is 2. The minimum absolute atomic E-state index is 0.00691. The molecule has 0 aliphatic carbocycles. The van der Waals surface area contributed by atoms with Gasteiger partial charge in [-0.1, -0.05) is 29.8 Å². The summed E-state index contributed by atoms with van der Waals surface area (Å²) in [4.78, 5) is 32.7. The Hall–Kier alpha value is -3.73. The first-order valence-corrected chi connectivity index (χ1v) is 11.1. The van der Waals surface area contributed by atoms with Crippen molar-refractivity contribution in [1.29, 1.82) is 0 Å². The van der Waals surface area contributed by atoms with Gasteiger partial charge in [0.05, 0.1) is 29.9 Å². The number of hydrogen-bond acceptors (Lipinski definition) is 5. The SMILES string of the molecule is Cc1ccc(CC(=O)N2CCN(CC(=O)Nc3cc(C(F)(F)F)ccc3-n3cncn3)CC2)cc1. The summed E-state index contributed by atoms with van der Waals surface area (Å²) < 4.78 is 41.0. The number of aromatic nitrogens is 3. The molecule has 184 valence electrons. The third-order valence-corrected chi connectivity index (χ3v) is 5.83. The lowest BCUT2D eigenvalue weighted by Gasteiger charge is -2.34. The van der Waals surface area contributed by atoms with Crippen LogP contribution in [0.3, 0.4) is 0 Å². The first-order chi connectivity index (χ1) is 16.7. The number of rotatable bonds is 6. The van der Waals surface area contributed by atoms with E-state index in [-0.39, 0.29) is 23.8 Å². The van der Waals surface area contributed by atoms with Crippen molar-refractivity contribution in [2.45, 2.75) is 19.5 Å². The molecule has 1 fully saturated rings. The average molecular weight is 486 g/mol. The van der Waals surface area contributed by atoms with Crippen molar-refractivity contribution >= 4 is 17.5 Å². The normalized spacial score (nSPS) is 14.7. The van der Waals surface area contributed by atoms with Crippen LogP contribution in [-0.4, -0.2) is 69.1 Å². The summed E-state index contributed by atoms with van der Waals surface area (Å²) in [5, 5.41) is 6.53. The second kappa shape index (κ2) is 10.3. The fourth-order valence-corrected chi connectivity index (χ4v) is 3.89. The van der Waals surface area contributed by atoms with Crippen LogP contribution in [0, 0.1) is 6.92 Å². The summed E-state index contributed by atoms with van der Waals surface area (Å²) >= 11 is 0. The van der Waals surface area contributed by atoms with Gasteiger partial charge < -0.3 is 10.2 Å². The van der Waals surface area contributed by atoms with Crippen LogP contribution in [0.2, 0.25) is 0 Å². The summed E-state index contributed by atoms with van der Waals surface area (Å²) in [5.74, 6) is -0.426. The Kier molecular flexibility index (Phi) is 7.15. The molecule has 0 spiro atoms. The summed E-state index contributed by atoms with van der Waals surface area (Å²) in [6.45, 7) is 3.92. The molecule has 35 heavy (non-hydrogen) atoms. The van der Waals surface area contributed by atoms with E-state index in [1.807, 2.05) is 36.1 Å². The molecule has 11 heteroatoms. The van der Waals surface area contributed by atoms with Gasteiger partial charge in [-0.25, -0.2) is 9.67 Å². The average Bonchev–Trinajstić information content (AvgIpc) is 3.35. The summed E-state index contributed by atoms with van der Waals surface area (Å²) in [7, 11) is 0. The van der Waals surface area contributed by atoms with E-state index in [1.54, 1.807) is 4.90 Å². The molecule has 1 N–H and O–H groups in total. The van der Waals surface area contributed by atoms with E-state index in [1.165, 1.54) is 23.4 Å². The van der Waals surface area contributed by atoms with E-state index in [0.717, 1.165) is 23.3 Å². The standard InChI is InChI=1S/C24H25F3N6O2/c1-17-2-4-18(5-3-17)12-23(35)32-10-8-31(9-11-32)14-22(34)30-20-13-19(24(25,26)27)6-7-21(20)33-16-28-15-29-33/h2-7,13,15-16H,8-12,14H2,1H3,(H,30,34). The zero-order chi connectivity index (χ0) is 25.0. The van der Waals surface area contributed by atoms with Gasteiger partial charge in [-0.3, -0.25) is 14.5 Å². The van der Waals surface area contributed by atoms with Crippen LogP contribution >= 0.6 is 0 Å². The molecule has 2 aromatic carbocycles. The summed E-state index contributed by atoms with van der Waals surface area (Å²) in [6, 6.07) is 10.9. The quantitative estimate of drug-likeness (QED) is 0.580. The Balaban J connectivity index is 1.34. The van der Waals surface area contributed by atoms with Crippen molar-refractivity contribution in [3.8, 4) is 5.69 Å². The van der Waals surface area contributed by atoms with Crippen molar-refractivity contribution in [3.05, 3.63) is 71.8 Å². The molecule has 1 saturated heterocycles. The molecule has 2 amide bonds. The number of piperazine rings is 1. The van der Waals surface area contributed by atoms with Crippen LogP contribution in [-0.2, 0) is 22.2 Å². The third kappa shape index (κ3) is 6.24. The minimum atomic E-state index is -4.55. The van der Waals surface area contributed by atoms with Crippen LogP contribution < -0.4 is 5.32 Å². The predicted molar refractivity (Wildman–Crippen MR) is 123 cm³/mol. The van der Waals surface area contributed by atoms with Crippen LogP contribution in [0.4, 0.5) is 18.9 Å². The highest BCUT2D eigenvalue weighted by molar-refractivity contribution is 5.94. The number of carbonyl (C=O) groups is 2. The molecule has 2 heterocycles. The fourth-order valence-electron chi connectivity index (χ4n) is 3.89. The molecular formula is C24H25F3N6O2. The van der Waals surface area contributed by atoms with E-state index in [9.17, 15) is 22.8 Å². The van der Waals surface area contributed by atoms with Gasteiger partial charge in [-0.15, -0.1) is 0 Å². The summed E-state index contributed by atoms with van der Waals surface area (Å²) in [6.07, 6.45) is -1.64. The smallest absolute Gasteiger partial charge is 0.340 e. The van der Waals surface area contributed by atoms with E-state index in [2.05, 4.69) is 15.4 Å². The largest absolute Gasteiger partial charge is 0.416 e. The lowest BCUT2D eigenvalue weighted by atomic mass is 10.1. The number of nitrogens with one attached hydrogen (secondary N) is 1. The van der Waals surface area contributed by atoms with E-state index in [4.69, 9.17) is 0 Å². The number of hydrogen-bond donors (Lipinski definition) is 1. The third-order valence-electron chi connectivity index (χ3n) is 5.83. The molecule has 3 aromatic rings. The topological polar surface area (TPSA) is 83.4 Å². The maximum absolute atomic E-state index is 13.2. The van der Waals surface area contributed by atoms with Crippen molar-refractivity contribution in [2.75, 3.05) is 38.0 Å². The number of nitrogens with zero attached hydrogens (tertiary/aromatic N) is 5. The van der Waals surface area contributed by atoms with Gasteiger partial charge in [-0.2, -0.15) is 18.3 Å². The molecule has 1 aromatic heterocycles. The molecule has 0 atom stereocenters. The number of aryl methyl sites for hydroxylation is 1. The van der Waals surface area contributed by atoms with Gasteiger partial charge in [0.2, 0.25) is 11.8 Å². The molecule has 1 aliphatic rings. The zero-order valence-corrected chi connectivity index (χ0v) is 19.1. The van der Waals surface area contributed by atoms with Gasteiger partial charge in [0, 0.05) is 26.2 Å². The number of benzene rings is 2. The zero-order valence-electron chi connectivity index (χ0n) is 19.1. The number of anilines is 1. The predicted octanol–water partition coefficient (Wildman–Crippen LogP) is 2.92. The monoisotopic (exact) mass is 486 g/mol. The number of halogens is 3. The molecule has 1 aliphatic heterocycles. The molecule has 0 saturated carbocycles. The Morgan fingerprint density at radius 2 is 1.74 bits per heavy atom. The van der Waals surface area contributed by atoms with Crippen LogP contribution in [0.5, 0.6) is 0 Å². The molecule has 0 unspecified atom stereocenters. The highest BCUT2D eigenvalue weighted by Crippen LogP contribution is 2.33. The Labute approximate surface area is 200 Å². The second-order valence-electron chi connectivity index (χ2n) is 8.44. The highest BCUT2D eigenvalue weighted by atomic mass is 19.4. The summed E-state index contributed by atoms with van der Waals surface area (Å²) in [5.41, 5.74) is 1.47. The van der Waals surface area contributed by atoms with E-state index in [0.29, 0.717) is 32.6 Å². The molecule has 4 rings (SSSR count). The Morgan fingerprint density at radius 1 is 1.03 bits per heavy atom. The molecule has 0 bridgehead atoms. The van der Waals surface area contributed by atoms with E-state index < -0.39 is 17.6 Å². The maximum Gasteiger partial charge on any atom is 0.416 e. The van der Waals surface area contributed by atoms with Crippen molar-refractivity contribution in [3.63, 3.8) is 0 Å². The van der Waals surface area contributed by atoms with E-state index >= 15 is 0 Å². The van der Waals surface area contributed by atoms with Crippen LogP contribution in [0.15, 0.2) is 55.1 Å². The molecule has 8 nitrogen and oxygen atoms in total. The molecular weight excluding hydrogens is 461 g/mol. The van der Waals surface area contributed by atoms with Crippen molar-refractivity contribution in [1.82, 2.24) is 24.6 Å². The first-order valence-electron chi connectivity index (χ1n) is 11.1. The van der Waals surface area contributed by atoms with Gasteiger partial charge >= 0.3 is 6.18 Å². The first kappa shape index (κ1) is 24.4. The lowest BCUT2D eigenvalue weighted by Crippen LogP contribution is -2.50. The highest BCUT2D eigenvalue weighted by Gasteiger charge is 2.31. The van der Waals surface area contributed by atoms with Crippen LogP contribution in [0.1, 0.15) is 16.7 Å². The minimum Gasteiger partial charge on any atom is -0.340 e. The lowest BCUT2D eigenvalue weighted by molar-refractivity contribution is -0.137. The second-order valence-corrected chi connectivity index (χ2v) is 8.44. The van der Waals surface area contributed by atoms with Crippen molar-refractivity contribution < 1.29 is 22.8 Å². The van der Waals surface area contributed by atoms with Crippen LogP contribution in [0.25, 0.3) is 5.69 Å².